The van der Waals surface area contributed by atoms with Gasteiger partial charge in [-0.25, -0.2) is 8.42 Å². The molecule has 3 aromatic carbocycles. The highest BCUT2D eigenvalue weighted by Crippen LogP contribution is 2.25. The van der Waals surface area contributed by atoms with Crippen LogP contribution >= 0.6 is 0 Å². The Morgan fingerprint density at radius 2 is 1.75 bits per heavy atom. The van der Waals surface area contributed by atoms with Gasteiger partial charge < -0.3 is 10.1 Å². The highest BCUT2D eigenvalue weighted by molar-refractivity contribution is 7.92. The van der Waals surface area contributed by atoms with E-state index in [-0.39, 0.29) is 6.54 Å². The lowest BCUT2D eigenvalue weighted by Crippen LogP contribution is -2.37. The van der Waals surface area contributed by atoms with Crippen LogP contribution in [-0.4, -0.2) is 33.7 Å². The number of amides is 1. The van der Waals surface area contributed by atoms with Crippen molar-refractivity contribution in [2.45, 2.75) is 6.92 Å². The number of nitrogens with one attached hydrogen (secondary N) is 1. The van der Waals surface area contributed by atoms with Crippen LogP contribution in [0.15, 0.2) is 66.7 Å². The van der Waals surface area contributed by atoms with Gasteiger partial charge >= 0.3 is 0 Å². The van der Waals surface area contributed by atoms with Crippen LogP contribution in [0.5, 0.6) is 5.75 Å². The van der Waals surface area contributed by atoms with Crippen molar-refractivity contribution in [1.82, 2.24) is 0 Å². The van der Waals surface area contributed by atoms with Gasteiger partial charge in [0, 0.05) is 17.1 Å². The van der Waals surface area contributed by atoms with Crippen LogP contribution in [0.25, 0.3) is 10.8 Å². The number of benzene rings is 3. The molecule has 0 fully saturated rings. The number of rotatable bonds is 7. The molecular weight excluding hydrogens is 376 g/mol. The third-order valence-electron chi connectivity index (χ3n) is 4.17. The molecule has 146 valence electrons. The highest BCUT2D eigenvalue weighted by Gasteiger charge is 2.21. The molecule has 3 aromatic rings. The lowest BCUT2D eigenvalue weighted by Gasteiger charge is -2.22. The zero-order valence-electron chi connectivity index (χ0n) is 15.8. The van der Waals surface area contributed by atoms with Gasteiger partial charge in [-0.1, -0.05) is 42.5 Å². The first kappa shape index (κ1) is 19.7. The van der Waals surface area contributed by atoms with Crippen LogP contribution in [0, 0.1) is 0 Å². The first-order chi connectivity index (χ1) is 13.4. The monoisotopic (exact) mass is 398 g/mol. The Bertz CT molecular complexity index is 1090. The molecule has 1 amide bonds. The fourth-order valence-electron chi connectivity index (χ4n) is 2.95. The third kappa shape index (κ3) is 4.61. The van der Waals surface area contributed by atoms with E-state index in [1.54, 1.807) is 30.3 Å². The van der Waals surface area contributed by atoms with E-state index < -0.39 is 15.9 Å². The number of carbonyl (C=O) groups excluding carboxylic acids is 1. The summed E-state index contributed by atoms with van der Waals surface area (Å²) in [5, 5.41) is 4.70. The van der Waals surface area contributed by atoms with Gasteiger partial charge in [-0.3, -0.25) is 9.10 Å². The summed E-state index contributed by atoms with van der Waals surface area (Å²) in [6.07, 6.45) is 1.07. The molecule has 0 aromatic heterocycles. The number of nitrogens with zero attached hydrogens (tertiary/aromatic N) is 1. The normalized spacial score (nSPS) is 11.2. The Morgan fingerprint density at radius 1 is 1.04 bits per heavy atom. The van der Waals surface area contributed by atoms with E-state index in [0.29, 0.717) is 23.7 Å². The topological polar surface area (TPSA) is 75.7 Å². The molecule has 0 atom stereocenters. The summed E-state index contributed by atoms with van der Waals surface area (Å²) in [6.45, 7) is 1.97. The highest BCUT2D eigenvalue weighted by atomic mass is 32.2. The molecule has 0 bridgehead atoms. The van der Waals surface area contributed by atoms with E-state index in [0.717, 1.165) is 21.3 Å². The van der Waals surface area contributed by atoms with E-state index in [1.807, 2.05) is 43.3 Å². The quantitative estimate of drug-likeness (QED) is 0.659. The minimum absolute atomic E-state index is 0.336. The molecule has 0 unspecified atom stereocenters. The molecular formula is C21H22N2O4S. The second-order valence-electron chi connectivity index (χ2n) is 6.27. The first-order valence-corrected chi connectivity index (χ1v) is 10.7. The van der Waals surface area contributed by atoms with Gasteiger partial charge in [0.25, 0.3) is 0 Å². The van der Waals surface area contributed by atoms with Crippen LogP contribution < -0.4 is 14.4 Å². The standard InChI is InChI=1S/C21H22N2O4S/c1-3-27-18-11-7-10-17(14-18)23(28(2,25)26)15-21(24)22-20-13-6-9-16-8-4-5-12-19(16)20/h4-14H,3,15H2,1-2H3,(H,22,24). The maximum absolute atomic E-state index is 12.6. The number of hydrogen-bond acceptors (Lipinski definition) is 4. The second kappa shape index (κ2) is 8.31. The summed E-state index contributed by atoms with van der Waals surface area (Å²) < 4.78 is 31.1. The van der Waals surface area contributed by atoms with Gasteiger partial charge in [-0.05, 0) is 30.5 Å². The molecule has 0 aliphatic heterocycles. The summed E-state index contributed by atoms with van der Waals surface area (Å²) in [5.74, 6) is 0.117. The van der Waals surface area contributed by atoms with Crippen LogP contribution in [0.4, 0.5) is 11.4 Å². The zero-order valence-corrected chi connectivity index (χ0v) is 16.6. The molecule has 0 aliphatic carbocycles. The summed E-state index contributed by atoms with van der Waals surface area (Å²) in [4.78, 5) is 12.6. The third-order valence-corrected chi connectivity index (χ3v) is 5.31. The molecule has 3 rings (SSSR count). The Morgan fingerprint density at radius 3 is 2.50 bits per heavy atom. The van der Waals surface area contributed by atoms with Crippen molar-refractivity contribution in [2.75, 3.05) is 29.0 Å². The van der Waals surface area contributed by atoms with Crippen LogP contribution in [-0.2, 0) is 14.8 Å². The molecule has 1 N–H and O–H groups in total. The lowest BCUT2D eigenvalue weighted by molar-refractivity contribution is -0.114. The molecule has 28 heavy (non-hydrogen) atoms. The van der Waals surface area contributed by atoms with E-state index in [4.69, 9.17) is 4.74 Å². The van der Waals surface area contributed by atoms with Crippen molar-refractivity contribution >= 4 is 38.1 Å². The maximum atomic E-state index is 12.6. The minimum Gasteiger partial charge on any atom is -0.494 e. The summed E-state index contributed by atoms with van der Waals surface area (Å²) >= 11 is 0. The van der Waals surface area contributed by atoms with Crippen molar-refractivity contribution in [3.8, 4) is 5.75 Å². The van der Waals surface area contributed by atoms with Gasteiger partial charge in [-0.2, -0.15) is 0 Å². The summed E-state index contributed by atoms with van der Waals surface area (Å²) in [5.41, 5.74) is 1.01. The molecule has 0 spiro atoms. The molecule has 0 saturated carbocycles. The van der Waals surface area contributed by atoms with Crippen molar-refractivity contribution in [3.63, 3.8) is 0 Å². The predicted molar refractivity (Wildman–Crippen MR) is 112 cm³/mol. The minimum atomic E-state index is -3.66. The van der Waals surface area contributed by atoms with Gasteiger partial charge in [0.15, 0.2) is 0 Å². The Labute approximate surface area is 164 Å². The summed E-state index contributed by atoms with van der Waals surface area (Å²) in [7, 11) is -3.66. The van der Waals surface area contributed by atoms with Crippen molar-refractivity contribution in [2.24, 2.45) is 0 Å². The largest absolute Gasteiger partial charge is 0.494 e. The van der Waals surface area contributed by atoms with Crippen molar-refractivity contribution < 1.29 is 17.9 Å². The van der Waals surface area contributed by atoms with Gasteiger partial charge in [-0.15, -0.1) is 0 Å². The van der Waals surface area contributed by atoms with Gasteiger partial charge in [0.05, 0.1) is 18.6 Å². The van der Waals surface area contributed by atoms with Crippen LogP contribution in [0.2, 0.25) is 0 Å². The van der Waals surface area contributed by atoms with Gasteiger partial charge in [0.1, 0.15) is 12.3 Å². The number of ether oxygens (including phenoxy) is 1. The fraction of sp³-hybridized carbons (Fsp3) is 0.190. The van der Waals surface area contributed by atoms with Gasteiger partial charge in [0.2, 0.25) is 15.9 Å². The Kier molecular flexibility index (Phi) is 5.84. The lowest BCUT2D eigenvalue weighted by atomic mass is 10.1. The number of carbonyl (C=O) groups is 1. The van der Waals surface area contributed by atoms with E-state index in [9.17, 15) is 13.2 Å². The van der Waals surface area contributed by atoms with E-state index in [2.05, 4.69) is 5.32 Å². The average Bonchev–Trinajstić information content (AvgIpc) is 2.66. The summed E-state index contributed by atoms with van der Waals surface area (Å²) in [6, 6.07) is 19.9. The maximum Gasteiger partial charge on any atom is 0.245 e. The smallest absolute Gasteiger partial charge is 0.245 e. The molecule has 0 radical (unpaired) electrons. The Balaban J connectivity index is 1.85. The average molecular weight is 398 g/mol. The molecule has 0 saturated heterocycles. The van der Waals surface area contributed by atoms with Crippen LogP contribution in [0.1, 0.15) is 6.92 Å². The molecule has 0 aliphatic rings. The van der Waals surface area contributed by atoms with E-state index in [1.165, 1.54) is 0 Å². The zero-order chi connectivity index (χ0) is 20.1. The number of hydrogen-bond donors (Lipinski definition) is 1. The number of sulfonamides is 1. The molecule has 6 nitrogen and oxygen atoms in total. The van der Waals surface area contributed by atoms with E-state index >= 15 is 0 Å². The van der Waals surface area contributed by atoms with Crippen molar-refractivity contribution in [3.05, 3.63) is 66.7 Å². The fourth-order valence-corrected chi connectivity index (χ4v) is 3.80. The second-order valence-corrected chi connectivity index (χ2v) is 8.18. The predicted octanol–water partition coefficient (Wildman–Crippen LogP) is 3.64. The SMILES string of the molecule is CCOc1cccc(N(CC(=O)Nc2cccc3ccccc23)S(C)(=O)=O)c1. The number of fused-ring (bicyclic) bond motifs is 1. The number of anilines is 2. The first-order valence-electron chi connectivity index (χ1n) is 8.86. The van der Waals surface area contributed by atoms with Crippen molar-refractivity contribution in [1.29, 1.82) is 0 Å². The molecule has 7 heteroatoms. The Hall–Kier alpha value is -3.06. The molecule has 0 heterocycles. The van der Waals surface area contributed by atoms with Crippen LogP contribution in [0.3, 0.4) is 0 Å².